The Balaban J connectivity index is 1.61. The second kappa shape index (κ2) is 9.64. The Morgan fingerprint density at radius 1 is 1.34 bits per heavy atom. The van der Waals surface area contributed by atoms with Gasteiger partial charge in [0.25, 0.3) is 11.9 Å². The van der Waals surface area contributed by atoms with Crippen LogP contribution in [0.1, 0.15) is 50.2 Å². The van der Waals surface area contributed by atoms with Gasteiger partial charge in [-0.3, -0.25) is 9.78 Å². The third kappa shape index (κ3) is 5.52. The fourth-order valence-electron chi connectivity index (χ4n) is 4.34. The summed E-state index contributed by atoms with van der Waals surface area (Å²) in [7, 11) is 1.52. The Bertz CT molecular complexity index is 1230. The fourth-order valence-corrected chi connectivity index (χ4v) is 4.52. The first kappa shape index (κ1) is 25.2. The van der Waals surface area contributed by atoms with Crippen LogP contribution in [0.3, 0.4) is 0 Å². The molecular weight excluding hydrogens is 472 g/mol. The number of rotatable bonds is 7. The molecule has 2 unspecified atom stereocenters. The molecule has 0 aliphatic carbocycles. The van der Waals surface area contributed by atoms with Crippen LogP contribution in [-0.2, 0) is 11.3 Å². The summed E-state index contributed by atoms with van der Waals surface area (Å²) in [5, 5.41) is 13.6. The van der Waals surface area contributed by atoms with Crippen LogP contribution in [0.2, 0.25) is 5.02 Å². The number of benzene rings is 1. The van der Waals surface area contributed by atoms with Crippen molar-refractivity contribution in [2.75, 3.05) is 25.6 Å². The summed E-state index contributed by atoms with van der Waals surface area (Å²) in [6.07, 6.45) is 1.51. The van der Waals surface area contributed by atoms with E-state index in [0.29, 0.717) is 53.6 Å². The molecule has 4 rings (SSSR count). The highest BCUT2D eigenvalue weighted by Gasteiger charge is 2.44. The molecule has 0 spiro atoms. The first-order valence-electron chi connectivity index (χ1n) is 11.5. The van der Waals surface area contributed by atoms with Crippen LogP contribution < -0.4 is 10.1 Å². The summed E-state index contributed by atoms with van der Waals surface area (Å²) >= 11 is 6.02. The van der Waals surface area contributed by atoms with Gasteiger partial charge in [0.15, 0.2) is 11.3 Å². The molecule has 188 valence electrons. The molecule has 1 aromatic carbocycles. The first-order chi connectivity index (χ1) is 16.5. The lowest BCUT2D eigenvalue weighted by atomic mass is 9.90. The number of hydrogen-bond acceptors (Lipinski definition) is 8. The zero-order valence-electron chi connectivity index (χ0n) is 20.6. The molecule has 1 fully saturated rings. The Kier molecular flexibility index (Phi) is 6.95. The molecule has 1 amide bonds. The minimum Gasteiger partial charge on any atom is -0.493 e. The van der Waals surface area contributed by atoms with Gasteiger partial charge in [-0.25, -0.2) is 0 Å². The molecule has 35 heavy (non-hydrogen) atoms. The first-order valence-corrected chi connectivity index (χ1v) is 11.8. The van der Waals surface area contributed by atoms with Crippen LogP contribution in [0.15, 0.2) is 34.9 Å². The van der Waals surface area contributed by atoms with Gasteiger partial charge in [-0.2, -0.15) is 4.98 Å². The average molecular weight is 503 g/mol. The van der Waals surface area contributed by atoms with Crippen molar-refractivity contribution in [2.24, 2.45) is 0 Å². The number of amides is 1. The summed E-state index contributed by atoms with van der Waals surface area (Å²) in [4.78, 5) is 24.3. The number of morpholine rings is 1. The van der Waals surface area contributed by atoms with Gasteiger partial charge in [-0.1, -0.05) is 11.6 Å². The van der Waals surface area contributed by atoms with Crippen LogP contribution in [0.4, 0.5) is 6.01 Å². The van der Waals surface area contributed by atoms with E-state index in [4.69, 9.17) is 25.5 Å². The molecule has 0 saturated carbocycles. The predicted molar refractivity (Wildman–Crippen MR) is 133 cm³/mol. The lowest BCUT2D eigenvalue weighted by Crippen LogP contribution is -2.62. The van der Waals surface area contributed by atoms with Crippen LogP contribution >= 0.6 is 11.6 Å². The maximum absolute atomic E-state index is 13.7. The summed E-state index contributed by atoms with van der Waals surface area (Å²) in [5.41, 5.74) is 0.917. The van der Waals surface area contributed by atoms with Gasteiger partial charge >= 0.3 is 0 Å². The summed E-state index contributed by atoms with van der Waals surface area (Å²) in [5.74, 6) is 0.237. The second-order valence-electron chi connectivity index (χ2n) is 9.86. The number of carbonyl (C=O) groups excluding carboxylic acids is 1. The highest BCUT2D eigenvalue weighted by Crippen LogP contribution is 2.35. The summed E-state index contributed by atoms with van der Waals surface area (Å²) < 4.78 is 17.5. The molecule has 2 aromatic heterocycles. The van der Waals surface area contributed by atoms with Crippen LogP contribution in [-0.4, -0.2) is 63.4 Å². The molecule has 1 aliphatic rings. The number of anilines is 1. The number of nitrogens with one attached hydrogen (secondary N) is 1. The minimum absolute atomic E-state index is 0.170. The van der Waals surface area contributed by atoms with Crippen molar-refractivity contribution in [1.29, 1.82) is 0 Å². The van der Waals surface area contributed by atoms with E-state index in [0.717, 1.165) is 5.69 Å². The molecule has 3 aromatic rings. The Hall–Kier alpha value is -2.88. The minimum atomic E-state index is -0.646. The second-order valence-corrected chi connectivity index (χ2v) is 10.3. The van der Waals surface area contributed by atoms with Crippen molar-refractivity contribution in [1.82, 2.24) is 14.9 Å². The van der Waals surface area contributed by atoms with Gasteiger partial charge in [0.1, 0.15) is 5.52 Å². The maximum atomic E-state index is 13.7. The molecule has 1 aliphatic heterocycles. The molecule has 2 atom stereocenters. The molecule has 0 bridgehead atoms. The quantitative estimate of drug-likeness (QED) is 0.492. The number of nitrogens with zero attached hydrogens (tertiary/aromatic N) is 3. The predicted octanol–water partition coefficient (Wildman–Crippen LogP) is 4.28. The van der Waals surface area contributed by atoms with Crippen LogP contribution in [0.25, 0.3) is 11.1 Å². The molecular formula is C25H31ClN4O5. The monoisotopic (exact) mass is 502 g/mol. The van der Waals surface area contributed by atoms with Crippen molar-refractivity contribution >= 4 is 34.6 Å². The van der Waals surface area contributed by atoms with Gasteiger partial charge in [-0.15, -0.1) is 0 Å². The van der Waals surface area contributed by atoms with E-state index in [9.17, 15) is 9.90 Å². The van der Waals surface area contributed by atoms with Gasteiger partial charge in [0, 0.05) is 23.2 Å². The summed E-state index contributed by atoms with van der Waals surface area (Å²) in [6, 6.07) is 7.10. The van der Waals surface area contributed by atoms with Crippen molar-refractivity contribution < 1.29 is 23.8 Å². The number of fused-ring (bicyclic) bond motifs is 1. The van der Waals surface area contributed by atoms with E-state index in [2.05, 4.69) is 15.3 Å². The van der Waals surface area contributed by atoms with Gasteiger partial charge < -0.3 is 29.2 Å². The molecule has 3 heterocycles. The maximum Gasteiger partial charge on any atom is 0.296 e. The van der Waals surface area contributed by atoms with E-state index in [-0.39, 0.29) is 11.9 Å². The highest BCUT2D eigenvalue weighted by molar-refractivity contribution is 6.30. The fraction of sp³-hybridized carbons (Fsp3) is 0.480. The molecule has 1 saturated heterocycles. The standard InChI is InChI=1S/C25H31ClN4O5/c1-15(31)11-25(4)13-30(24(2,3)14-34-25)22(32)16-8-19-21(20(9-16)33-5)35-23(29-19)28-12-18-10-17(26)6-7-27-18/h6-10,15,31H,11-14H2,1-5H3,(H,28,29). The van der Waals surface area contributed by atoms with E-state index in [1.807, 2.05) is 20.8 Å². The number of oxazole rings is 1. The SMILES string of the molecule is COc1cc(C(=O)N2CC(C)(CC(C)O)OCC2(C)C)cc2nc(NCc3cc(Cl)ccn3)oc12. The lowest BCUT2D eigenvalue weighted by Gasteiger charge is -2.50. The van der Waals surface area contributed by atoms with Crippen LogP contribution in [0.5, 0.6) is 5.75 Å². The Morgan fingerprint density at radius 3 is 2.80 bits per heavy atom. The highest BCUT2D eigenvalue weighted by atomic mass is 35.5. The van der Waals surface area contributed by atoms with Gasteiger partial charge in [-0.05, 0) is 52.0 Å². The van der Waals surface area contributed by atoms with Crippen molar-refractivity contribution in [3.05, 3.63) is 46.7 Å². The number of hydrogen-bond donors (Lipinski definition) is 2. The number of ether oxygens (including phenoxy) is 2. The van der Waals surface area contributed by atoms with Gasteiger partial charge in [0.05, 0.1) is 49.7 Å². The normalized spacial score (nSPS) is 20.6. The largest absolute Gasteiger partial charge is 0.493 e. The number of halogens is 1. The van der Waals surface area contributed by atoms with E-state index in [1.54, 1.807) is 42.3 Å². The molecule has 9 nitrogen and oxygen atoms in total. The number of aliphatic hydroxyl groups is 1. The van der Waals surface area contributed by atoms with E-state index >= 15 is 0 Å². The van der Waals surface area contributed by atoms with Crippen molar-refractivity contribution in [2.45, 2.75) is 57.9 Å². The zero-order chi connectivity index (χ0) is 25.4. The van der Waals surface area contributed by atoms with E-state index in [1.165, 1.54) is 7.11 Å². The van der Waals surface area contributed by atoms with Gasteiger partial charge in [0.2, 0.25) is 0 Å². The lowest BCUT2D eigenvalue weighted by molar-refractivity contribution is -0.150. The van der Waals surface area contributed by atoms with Crippen LogP contribution in [0, 0.1) is 0 Å². The number of aromatic nitrogens is 2. The smallest absolute Gasteiger partial charge is 0.296 e. The zero-order valence-corrected chi connectivity index (χ0v) is 21.3. The molecule has 2 N–H and O–H groups in total. The third-order valence-corrected chi connectivity index (χ3v) is 6.33. The average Bonchev–Trinajstić information content (AvgIpc) is 3.21. The number of pyridine rings is 1. The Morgan fingerprint density at radius 2 is 2.11 bits per heavy atom. The van der Waals surface area contributed by atoms with Crippen molar-refractivity contribution in [3.8, 4) is 5.75 Å². The molecule has 10 heteroatoms. The number of aliphatic hydroxyl groups excluding tert-OH is 1. The third-order valence-electron chi connectivity index (χ3n) is 6.09. The van der Waals surface area contributed by atoms with E-state index < -0.39 is 17.2 Å². The molecule has 0 radical (unpaired) electrons. The number of carbonyl (C=O) groups is 1. The topological polar surface area (TPSA) is 110 Å². The van der Waals surface area contributed by atoms with Crippen molar-refractivity contribution in [3.63, 3.8) is 0 Å². The summed E-state index contributed by atoms with van der Waals surface area (Å²) in [6.45, 7) is 8.64. The Labute approximate surface area is 209 Å². The number of methoxy groups -OCH3 is 1.